The van der Waals surface area contributed by atoms with Gasteiger partial charge in [-0.15, -0.1) is 0 Å². The molecule has 0 saturated carbocycles. The Morgan fingerprint density at radius 1 is 1.21 bits per heavy atom. The third-order valence-corrected chi connectivity index (χ3v) is 5.43. The molecule has 1 atom stereocenters. The number of thioether (sulfide) groups is 1. The zero-order valence-electron chi connectivity index (χ0n) is 12.4. The van der Waals surface area contributed by atoms with Gasteiger partial charge < -0.3 is 4.98 Å². The number of rotatable bonds is 3. The largest absolute Gasteiger partial charge is 0.344 e. The highest BCUT2D eigenvalue weighted by Gasteiger charge is 2.18. The molecule has 7 heteroatoms. The van der Waals surface area contributed by atoms with E-state index in [0.29, 0.717) is 10.8 Å². The van der Waals surface area contributed by atoms with Crippen molar-refractivity contribution in [3.05, 3.63) is 64.6 Å². The number of halogens is 2. The van der Waals surface area contributed by atoms with E-state index in [4.69, 9.17) is 28.2 Å². The van der Waals surface area contributed by atoms with Crippen LogP contribution in [0.1, 0.15) is 12.0 Å². The van der Waals surface area contributed by atoms with Gasteiger partial charge in [-0.3, -0.25) is 4.99 Å². The minimum absolute atomic E-state index is 0.0713. The van der Waals surface area contributed by atoms with Crippen molar-refractivity contribution in [2.45, 2.75) is 16.7 Å². The Kier molecular flexibility index (Phi) is 4.31. The van der Waals surface area contributed by atoms with Gasteiger partial charge in [-0.1, -0.05) is 53.2 Å². The lowest BCUT2D eigenvalue weighted by Crippen LogP contribution is -2.09. The first-order chi connectivity index (χ1) is 11.7. The van der Waals surface area contributed by atoms with Crippen LogP contribution in [-0.4, -0.2) is 26.0 Å². The molecule has 2 aromatic heterocycles. The minimum atomic E-state index is 0.0713. The molecule has 1 aliphatic rings. The van der Waals surface area contributed by atoms with Gasteiger partial charge in [0.2, 0.25) is 0 Å². The van der Waals surface area contributed by atoms with Crippen molar-refractivity contribution < 1.29 is 0 Å². The van der Waals surface area contributed by atoms with Crippen LogP contribution in [0.25, 0.3) is 11.2 Å². The Hall–Kier alpha value is -1.82. The van der Waals surface area contributed by atoms with Crippen molar-refractivity contribution in [2.24, 2.45) is 4.99 Å². The molecule has 0 spiro atoms. The lowest BCUT2D eigenvalue weighted by Gasteiger charge is -2.16. The van der Waals surface area contributed by atoms with Crippen LogP contribution in [0.5, 0.6) is 0 Å². The van der Waals surface area contributed by atoms with Crippen LogP contribution in [0, 0.1) is 0 Å². The molecule has 0 aliphatic carbocycles. The summed E-state index contributed by atoms with van der Waals surface area (Å²) in [6.45, 7) is 0. The lowest BCUT2D eigenvalue weighted by molar-refractivity contribution is 0.922. The fraction of sp³-hybridized carbons (Fsp3) is 0.118. The standard InChI is InChI=1S/C17H12Cl2N4S/c18-11-4-1-2-6-13(11)24-15-7-3-5-12(22-15)10-8-20-17-16(10)23-14(19)9-21-17/h1-6,8-9,15H,7H2,(H,20,21). The number of fused-ring (bicyclic) bond motifs is 1. The van der Waals surface area contributed by atoms with Crippen molar-refractivity contribution in [1.29, 1.82) is 0 Å². The molecule has 0 radical (unpaired) electrons. The Morgan fingerprint density at radius 2 is 2.08 bits per heavy atom. The third-order valence-electron chi connectivity index (χ3n) is 3.62. The van der Waals surface area contributed by atoms with Gasteiger partial charge in [0.05, 0.1) is 16.9 Å². The summed E-state index contributed by atoms with van der Waals surface area (Å²) >= 11 is 13.9. The summed E-state index contributed by atoms with van der Waals surface area (Å²) < 4.78 is 0. The van der Waals surface area contributed by atoms with Crippen molar-refractivity contribution in [2.75, 3.05) is 0 Å². The van der Waals surface area contributed by atoms with Crippen LogP contribution >= 0.6 is 35.0 Å². The maximum Gasteiger partial charge on any atom is 0.156 e. The Labute approximate surface area is 153 Å². The van der Waals surface area contributed by atoms with E-state index in [9.17, 15) is 0 Å². The minimum Gasteiger partial charge on any atom is -0.344 e. The summed E-state index contributed by atoms with van der Waals surface area (Å²) in [5, 5.41) is 1.19. The van der Waals surface area contributed by atoms with E-state index in [1.807, 2.05) is 36.5 Å². The fourth-order valence-electron chi connectivity index (χ4n) is 2.53. The summed E-state index contributed by atoms with van der Waals surface area (Å²) in [5.41, 5.74) is 3.20. The number of aromatic nitrogens is 3. The van der Waals surface area contributed by atoms with Crippen LogP contribution in [-0.2, 0) is 0 Å². The molecule has 0 bridgehead atoms. The average molecular weight is 375 g/mol. The molecule has 0 saturated heterocycles. The zero-order valence-corrected chi connectivity index (χ0v) is 14.7. The van der Waals surface area contributed by atoms with E-state index in [1.54, 1.807) is 11.8 Å². The van der Waals surface area contributed by atoms with Gasteiger partial charge in [0.25, 0.3) is 0 Å². The quantitative estimate of drug-likeness (QED) is 0.690. The van der Waals surface area contributed by atoms with Crippen LogP contribution in [0.15, 0.2) is 58.7 Å². The molecular weight excluding hydrogens is 363 g/mol. The molecule has 120 valence electrons. The lowest BCUT2D eigenvalue weighted by atomic mass is 10.1. The third kappa shape index (κ3) is 3.07. The second-order valence-electron chi connectivity index (χ2n) is 5.25. The molecule has 1 N–H and O–H groups in total. The van der Waals surface area contributed by atoms with E-state index >= 15 is 0 Å². The fourth-order valence-corrected chi connectivity index (χ4v) is 3.94. The smallest absolute Gasteiger partial charge is 0.156 e. The molecular formula is C17H12Cl2N4S. The number of allylic oxidation sites excluding steroid dienone is 1. The van der Waals surface area contributed by atoms with Gasteiger partial charge in [0.15, 0.2) is 5.65 Å². The highest BCUT2D eigenvalue weighted by molar-refractivity contribution is 8.00. The molecule has 4 rings (SSSR count). The Bertz CT molecular complexity index is 964. The number of aromatic amines is 1. The first kappa shape index (κ1) is 15.7. The second-order valence-corrected chi connectivity index (χ2v) is 7.26. The monoisotopic (exact) mass is 374 g/mol. The predicted octanol–water partition coefficient (Wildman–Crippen LogP) is 5.13. The second kappa shape index (κ2) is 6.59. The van der Waals surface area contributed by atoms with Crippen molar-refractivity contribution in [3.63, 3.8) is 0 Å². The molecule has 4 nitrogen and oxygen atoms in total. The van der Waals surface area contributed by atoms with Crippen molar-refractivity contribution >= 4 is 51.8 Å². The van der Waals surface area contributed by atoms with Crippen LogP contribution in [0.2, 0.25) is 10.2 Å². The number of hydrogen-bond donors (Lipinski definition) is 1. The number of benzene rings is 1. The predicted molar refractivity (Wildman–Crippen MR) is 100 cm³/mol. The molecule has 1 aliphatic heterocycles. The average Bonchev–Trinajstić information content (AvgIpc) is 3.00. The first-order valence-corrected chi connectivity index (χ1v) is 9.00. The molecule has 1 aromatic carbocycles. The molecule has 0 fully saturated rings. The molecule has 3 heterocycles. The number of nitrogens with zero attached hydrogens (tertiary/aromatic N) is 3. The van der Waals surface area contributed by atoms with E-state index in [-0.39, 0.29) is 5.37 Å². The molecule has 0 amide bonds. The number of dihydropyridines is 1. The normalized spacial score (nSPS) is 17.2. The zero-order chi connectivity index (χ0) is 16.5. The van der Waals surface area contributed by atoms with E-state index in [0.717, 1.165) is 33.1 Å². The summed E-state index contributed by atoms with van der Waals surface area (Å²) in [6.07, 6.45) is 8.38. The number of hydrogen-bond acceptors (Lipinski definition) is 4. The number of H-pyrrole nitrogens is 1. The maximum atomic E-state index is 6.25. The molecule has 3 aromatic rings. The van der Waals surface area contributed by atoms with Gasteiger partial charge >= 0.3 is 0 Å². The highest BCUT2D eigenvalue weighted by Crippen LogP contribution is 2.34. The Morgan fingerprint density at radius 3 is 2.96 bits per heavy atom. The van der Waals surface area contributed by atoms with Gasteiger partial charge in [-0.25, -0.2) is 9.97 Å². The van der Waals surface area contributed by atoms with E-state index in [2.05, 4.69) is 21.0 Å². The topological polar surface area (TPSA) is 53.9 Å². The van der Waals surface area contributed by atoms with E-state index < -0.39 is 0 Å². The van der Waals surface area contributed by atoms with Crippen LogP contribution < -0.4 is 0 Å². The van der Waals surface area contributed by atoms with Crippen LogP contribution in [0.4, 0.5) is 0 Å². The maximum absolute atomic E-state index is 6.25. The van der Waals surface area contributed by atoms with Gasteiger partial charge in [0.1, 0.15) is 16.0 Å². The molecule has 1 unspecified atom stereocenters. The SMILES string of the molecule is Clc1cnc2[nH]cc(C3=NC(Sc4ccccc4Cl)CC=C3)c2n1. The van der Waals surface area contributed by atoms with Gasteiger partial charge in [0, 0.05) is 16.7 Å². The first-order valence-electron chi connectivity index (χ1n) is 7.36. The highest BCUT2D eigenvalue weighted by atomic mass is 35.5. The summed E-state index contributed by atoms with van der Waals surface area (Å²) in [5.74, 6) is 0. The number of nitrogens with one attached hydrogen (secondary N) is 1. The Balaban J connectivity index is 1.67. The summed E-state index contributed by atoms with van der Waals surface area (Å²) in [4.78, 5) is 17.6. The van der Waals surface area contributed by atoms with Gasteiger partial charge in [-0.2, -0.15) is 0 Å². The number of aliphatic imine (C=N–C) groups is 1. The summed E-state index contributed by atoms with van der Waals surface area (Å²) in [6, 6.07) is 7.81. The van der Waals surface area contributed by atoms with E-state index in [1.165, 1.54) is 6.20 Å². The van der Waals surface area contributed by atoms with Gasteiger partial charge in [-0.05, 0) is 24.6 Å². The summed E-state index contributed by atoms with van der Waals surface area (Å²) in [7, 11) is 0. The van der Waals surface area contributed by atoms with Crippen molar-refractivity contribution in [3.8, 4) is 0 Å². The molecule has 24 heavy (non-hydrogen) atoms. The van der Waals surface area contributed by atoms with Crippen LogP contribution in [0.3, 0.4) is 0 Å². The van der Waals surface area contributed by atoms with Crippen molar-refractivity contribution in [1.82, 2.24) is 15.0 Å².